The fourth-order valence-electron chi connectivity index (χ4n) is 10.4. The number of carbonyl (C=O) groups is 3. The number of aromatic nitrogens is 5. The molecule has 71 heavy (non-hydrogen) atoms. The van der Waals surface area contributed by atoms with E-state index in [-0.39, 0.29) is 37.1 Å². The largest absolute Gasteiger partial charge is 0.340 e. The lowest BCUT2D eigenvalue weighted by Gasteiger charge is -2.48. The zero-order valence-corrected chi connectivity index (χ0v) is 40.2. The summed E-state index contributed by atoms with van der Waals surface area (Å²) in [5, 5.41) is 8.28. The van der Waals surface area contributed by atoms with E-state index in [2.05, 4.69) is 34.6 Å². The SMILES string of the molecule is Cc1ccc(C(=CC(=O)[N+](Cc2ccc(-n3ccnn3)cc2)([C@@H](Cc2ccccc2)C(=O)N2CCc3ccccc3C2)[C@@H](Cc2ccccc2)C(=O)N2CCc3ccccc3C2)c2ccc(C)nc2)cn1. The molecule has 0 saturated heterocycles. The molecular weight excluding hydrogens is 881 g/mol. The molecule has 0 aliphatic carbocycles. The molecule has 0 radical (unpaired) electrons. The van der Waals surface area contributed by atoms with Crippen LogP contribution in [0.5, 0.6) is 0 Å². The van der Waals surface area contributed by atoms with Gasteiger partial charge in [0, 0.05) is 85.1 Å². The van der Waals surface area contributed by atoms with Gasteiger partial charge in [0.15, 0.2) is 12.1 Å². The van der Waals surface area contributed by atoms with Gasteiger partial charge in [0.2, 0.25) is 0 Å². The fraction of sp³-hybridized carbons (Fsp3) is 0.217. The monoisotopic (exact) mass is 937 g/mol. The van der Waals surface area contributed by atoms with E-state index in [1.165, 1.54) is 11.1 Å². The molecule has 0 unspecified atom stereocenters. The van der Waals surface area contributed by atoms with Crippen LogP contribution < -0.4 is 0 Å². The van der Waals surface area contributed by atoms with Crippen LogP contribution in [0, 0.1) is 13.8 Å². The zero-order chi connectivity index (χ0) is 48.7. The average Bonchev–Trinajstić information content (AvgIpc) is 3.97. The van der Waals surface area contributed by atoms with Gasteiger partial charge in [-0.05, 0) is 84.3 Å². The van der Waals surface area contributed by atoms with Gasteiger partial charge in [-0.1, -0.05) is 139 Å². The number of hydrogen-bond donors (Lipinski definition) is 0. The number of nitrogens with zero attached hydrogens (tertiary/aromatic N) is 8. The van der Waals surface area contributed by atoms with E-state index in [1.54, 1.807) is 35.5 Å². The number of quaternary nitrogens is 1. The molecule has 0 N–H and O–H groups in total. The van der Waals surface area contributed by atoms with Crippen LogP contribution in [-0.2, 0) is 59.7 Å². The van der Waals surface area contributed by atoms with Gasteiger partial charge in [-0.15, -0.1) is 5.10 Å². The highest BCUT2D eigenvalue weighted by Gasteiger charge is 2.57. The van der Waals surface area contributed by atoms with Crippen molar-refractivity contribution in [3.63, 3.8) is 0 Å². The third-order valence-corrected chi connectivity index (χ3v) is 14.3. The van der Waals surface area contributed by atoms with Gasteiger partial charge in [-0.25, -0.2) is 14.0 Å². The molecule has 0 bridgehead atoms. The van der Waals surface area contributed by atoms with Crippen LogP contribution in [0.4, 0.5) is 0 Å². The summed E-state index contributed by atoms with van der Waals surface area (Å²) in [6.45, 7) is 5.57. The highest BCUT2D eigenvalue weighted by atomic mass is 16.2. The quantitative estimate of drug-likeness (QED) is 0.0790. The molecule has 8 aromatic rings. The number of pyridine rings is 2. The van der Waals surface area contributed by atoms with Crippen molar-refractivity contribution in [1.82, 2.24) is 34.8 Å². The Morgan fingerprint density at radius 3 is 1.49 bits per heavy atom. The summed E-state index contributed by atoms with van der Waals surface area (Å²) >= 11 is 0. The number of carbonyl (C=O) groups excluding carboxylic acids is 3. The first-order chi connectivity index (χ1) is 34.7. The summed E-state index contributed by atoms with van der Waals surface area (Å²) in [6, 6.07) is 49.9. The average molecular weight is 938 g/mol. The van der Waals surface area contributed by atoms with Crippen LogP contribution in [0.25, 0.3) is 11.3 Å². The molecule has 2 aliphatic heterocycles. The summed E-state index contributed by atoms with van der Waals surface area (Å²) < 4.78 is 1.14. The smallest absolute Gasteiger partial charge is 0.333 e. The van der Waals surface area contributed by atoms with E-state index in [1.807, 2.05) is 157 Å². The van der Waals surface area contributed by atoms with Gasteiger partial charge in [0.25, 0.3) is 11.8 Å². The maximum absolute atomic E-state index is 17.1. The molecule has 11 heteroatoms. The predicted molar refractivity (Wildman–Crippen MR) is 274 cm³/mol. The van der Waals surface area contributed by atoms with Crippen molar-refractivity contribution in [3.8, 4) is 5.69 Å². The highest BCUT2D eigenvalue weighted by Crippen LogP contribution is 2.37. The summed E-state index contributed by atoms with van der Waals surface area (Å²) in [4.78, 5) is 63.3. The maximum Gasteiger partial charge on any atom is 0.340 e. The second kappa shape index (κ2) is 20.8. The predicted octanol–water partition coefficient (Wildman–Crippen LogP) is 9.04. The van der Waals surface area contributed by atoms with Crippen molar-refractivity contribution < 1.29 is 18.9 Å². The Morgan fingerprint density at radius 2 is 1.04 bits per heavy atom. The van der Waals surface area contributed by atoms with Gasteiger partial charge in [-0.2, -0.15) is 0 Å². The van der Waals surface area contributed by atoms with E-state index < -0.39 is 16.6 Å². The normalized spacial score (nSPS) is 14.2. The lowest BCUT2D eigenvalue weighted by molar-refractivity contribution is -0.897. The van der Waals surface area contributed by atoms with Crippen LogP contribution in [0.1, 0.15) is 61.5 Å². The Hall–Kier alpha value is -8.15. The molecule has 3 amide bonds. The lowest BCUT2D eigenvalue weighted by atomic mass is 9.89. The molecule has 10 rings (SSSR count). The van der Waals surface area contributed by atoms with E-state index in [0.29, 0.717) is 55.7 Å². The first-order valence-corrected chi connectivity index (χ1v) is 24.5. The Bertz CT molecular complexity index is 2990. The van der Waals surface area contributed by atoms with Crippen LogP contribution in [0.15, 0.2) is 189 Å². The van der Waals surface area contributed by atoms with E-state index in [0.717, 1.165) is 44.9 Å². The second-order valence-corrected chi connectivity index (χ2v) is 18.8. The highest BCUT2D eigenvalue weighted by molar-refractivity contribution is 5.98. The number of aryl methyl sites for hydroxylation is 2. The van der Waals surface area contributed by atoms with Crippen LogP contribution in [-0.4, -0.2) is 82.1 Å². The fourth-order valence-corrected chi connectivity index (χ4v) is 10.4. The summed E-state index contributed by atoms with van der Waals surface area (Å²) in [6.07, 6.45) is 10.3. The van der Waals surface area contributed by atoms with Crippen LogP contribution in [0.2, 0.25) is 0 Å². The van der Waals surface area contributed by atoms with Gasteiger partial charge >= 0.3 is 5.91 Å². The number of rotatable bonds is 14. The Morgan fingerprint density at radius 1 is 0.563 bits per heavy atom. The Balaban J connectivity index is 1.25. The molecular formula is C60H57N8O3+. The minimum atomic E-state index is -1.08. The third-order valence-electron chi connectivity index (χ3n) is 14.3. The molecule has 5 heterocycles. The van der Waals surface area contributed by atoms with Crippen molar-refractivity contribution in [3.05, 3.63) is 250 Å². The molecule has 2 aliphatic rings. The summed E-state index contributed by atoms with van der Waals surface area (Å²) in [7, 11) is 0. The molecule has 2 atom stereocenters. The third kappa shape index (κ3) is 10.1. The van der Waals surface area contributed by atoms with Gasteiger partial charge in [0.05, 0.1) is 24.2 Å². The molecule has 0 fully saturated rings. The second-order valence-electron chi connectivity index (χ2n) is 18.8. The number of benzene rings is 5. The molecule has 5 aromatic carbocycles. The van der Waals surface area contributed by atoms with E-state index in [9.17, 15) is 0 Å². The first-order valence-electron chi connectivity index (χ1n) is 24.5. The van der Waals surface area contributed by atoms with Crippen molar-refractivity contribution in [2.24, 2.45) is 0 Å². The molecule has 11 nitrogen and oxygen atoms in total. The lowest BCUT2D eigenvalue weighted by Crippen LogP contribution is -2.72. The maximum atomic E-state index is 17.1. The zero-order valence-electron chi connectivity index (χ0n) is 40.2. The summed E-state index contributed by atoms with van der Waals surface area (Å²) in [5.41, 5.74) is 11.5. The Labute approximate surface area is 415 Å². The van der Waals surface area contributed by atoms with Crippen molar-refractivity contribution in [2.45, 2.75) is 71.2 Å². The van der Waals surface area contributed by atoms with Gasteiger partial charge in [0.1, 0.15) is 6.54 Å². The number of fused-ring (bicyclic) bond motifs is 2. The molecule has 3 aromatic heterocycles. The van der Waals surface area contributed by atoms with Gasteiger partial charge < -0.3 is 9.80 Å². The van der Waals surface area contributed by atoms with Crippen molar-refractivity contribution in [1.29, 1.82) is 0 Å². The van der Waals surface area contributed by atoms with Crippen LogP contribution in [0.3, 0.4) is 0 Å². The van der Waals surface area contributed by atoms with Crippen molar-refractivity contribution >= 4 is 23.3 Å². The molecule has 0 spiro atoms. The molecule has 0 saturated carbocycles. The van der Waals surface area contributed by atoms with E-state index in [4.69, 9.17) is 9.97 Å². The first kappa shape index (κ1) is 46.6. The molecule has 354 valence electrons. The Kier molecular flexibility index (Phi) is 13.7. The minimum absolute atomic E-state index is 0.0138. The topological polar surface area (TPSA) is 114 Å². The van der Waals surface area contributed by atoms with Crippen LogP contribution >= 0.6 is 0 Å². The number of amides is 3. The van der Waals surface area contributed by atoms with Crippen molar-refractivity contribution in [2.75, 3.05) is 13.1 Å². The number of hydrogen-bond acceptors (Lipinski definition) is 7. The van der Waals surface area contributed by atoms with Gasteiger partial charge in [-0.3, -0.25) is 19.6 Å². The standard InChI is InChI=1S/C60H57N8O3/c1-43-21-25-50(38-61-43)55(51-26-22-44(2)62-39-51)37-58(69)68(42-47-23-27-54(28-24-47)67-34-31-63-64-67,56(35-45-13-5-3-6-14-45)59(70)65-32-29-48-17-9-11-19-52(48)40-65)57(36-46-15-7-4-8-16-46)60(71)66-33-30-49-18-10-12-20-53(49)41-66/h3-28,31,34,37-39,56-57H,29-30,32-33,35-36,40-42H2,1-2H3/q+1/t56-,57-/m0/s1. The minimum Gasteiger partial charge on any atom is -0.333 e. The summed E-state index contributed by atoms with van der Waals surface area (Å²) in [5.74, 6) is -0.746. The van der Waals surface area contributed by atoms with E-state index >= 15 is 14.4 Å².